The highest BCUT2D eigenvalue weighted by Crippen LogP contribution is 2.50. The number of halogens is 1. The van der Waals surface area contributed by atoms with E-state index in [9.17, 15) is 5.11 Å². The van der Waals surface area contributed by atoms with E-state index in [1.165, 1.54) is 19.4 Å². The Labute approximate surface area is 152 Å². The standard InChI is InChI=1S/C18H26ClNO3S/c1-12-9-18(4-5-20(12)10-13-2-6-22-7-3-13)17-14(8-16(19)24-17)15(21)11-23-18/h8,12-13,15,21H,2-7,9-11H2,1H3/t12-,15-,18+/m0/s1. The Kier molecular flexibility index (Phi) is 4.93. The Bertz CT molecular complexity index is 589. The molecule has 4 nitrogen and oxygen atoms in total. The number of likely N-dealkylation sites (tertiary alicyclic amines) is 1. The normalized spacial score (nSPS) is 35.3. The van der Waals surface area contributed by atoms with Crippen LogP contribution in [-0.2, 0) is 15.1 Å². The molecule has 3 aliphatic heterocycles. The van der Waals surface area contributed by atoms with Crippen molar-refractivity contribution in [3.63, 3.8) is 0 Å². The monoisotopic (exact) mass is 371 g/mol. The minimum absolute atomic E-state index is 0.252. The molecule has 6 heteroatoms. The summed E-state index contributed by atoms with van der Waals surface area (Å²) in [4.78, 5) is 3.77. The molecule has 24 heavy (non-hydrogen) atoms. The fourth-order valence-electron chi connectivity index (χ4n) is 4.49. The molecule has 1 aromatic heterocycles. The number of thiophene rings is 1. The van der Waals surface area contributed by atoms with Gasteiger partial charge >= 0.3 is 0 Å². The lowest BCUT2D eigenvalue weighted by Crippen LogP contribution is -2.52. The Morgan fingerprint density at radius 2 is 2.21 bits per heavy atom. The lowest BCUT2D eigenvalue weighted by molar-refractivity contribution is -0.140. The van der Waals surface area contributed by atoms with Crippen molar-refractivity contribution in [3.05, 3.63) is 20.8 Å². The predicted octanol–water partition coefficient (Wildman–Crippen LogP) is 3.57. The first-order valence-corrected chi connectivity index (χ1v) is 10.2. The maximum absolute atomic E-state index is 10.2. The maximum atomic E-state index is 10.2. The molecule has 4 heterocycles. The third-order valence-corrected chi connectivity index (χ3v) is 7.37. The van der Waals surface area contributed by atoms with E-state index in [0.717, 1.165) is 53.3 Å². The number of hydrogen-bond acceptors (Lipinski definition) is 5. The fourth-order valence-corrected chi connectivity index (χ4v) is 5.97. The van der Waals surface area contributed by atoms with Crippen LogP contribution in [-0.4, -0.2) is 49.0 Å². The van der Waals surface area contributed by atoms with E-state index in [0.29, 0.717) is 12.6 Å². The van der Waals surface area contributed by atoms with Crippen LogP contribution in [0, 0.1) is 5.92 Å². The van der Waals surface area contributed by atoms with Crippen LogP contribution in [0.15, 0.2) is 6.07 Å². The summed E-state index contributed by atoms with van der Waals surface area (Å²) in [6, 6.07) is 2.40. The van der Waals surface area contributed by atoms with E-state index in [1.54, 1.807) is 11.3 Å². The molecule has 0 unspecified atom stereocenters. The molecule has 134 valence electrons. The van der Waals surface area contributed by atoms with E-state index in [4.69, 9.17) is 21.1 Å². The van der Waals surface area contributed by atoms with E-state index < -0.39 is 6.10 Å². The molecule has 1 N–H and O–H groups in total. The van der Waals surface area contributed by atoms with Crippen LogP contribution >= 0.6 is 22.9 Å². The maximum Gasteiger partial charge on any atom is 0.105 e. The first-order chi connectivity index (χ1) is 11.6. The summed E-state index contributed by atoms with van der Waals surface area (Å²) < 4.78 is 12.5. The van der Waals surface area contributed by atoms with Crippen molar-refractivity contribution in [2.45, 2.75) is 50.4 Å². The quantitative estimate of drug-likeness (QED) is 0.862. The number of rotatable bonds is 2. The summed E-state index contributed by atoms with van der Waals surface area (Å²) in [5.41, 5.74) is 0.735. The molecule has 1 aromatic rings. The van der Waals surface area contributed by atoms with Gasteiger partial charge in [-0.15, -0.1) is 11.3 Å². The molecule has 0 radical (unpaired) electrons. The minimum Gasteiger partial charge on any atom is -0.386 e. The van der Waals surface area contributed by atoms with E-state index in [-0.39, 0.29) is 5.60 Å². The van der Waals surface area contributed by atoms with Crippen LogP contribution in [0.4, 0.5) is 0 Å². The lowest BCUT2D eigenvalue weighted by Gasteiger charge is -2.48. The average molecular weight is 372 g/mol. The zero-order chi connectivity index (χ0) is 16.7. The molecule has 0 saturated carbocycles. The van der Waals surface area contributed by atoms with Crippen molar-refractivity contribution in [2.24, 2.45) is 5.92 Å². The second-order valence-corrected chi connectivity index (χ2v) is 9.19. The number of ether oxygens (including phenoxy) is 2. The van der Waals surface area contributed by atoms with Gasteiger partial charge < -0.3 is 19.5 Å². The van der Waals surface area contributed by atoms with Gasteiger partial charge in [0.15, 0.2) is 0 Å². The van der Waals surface area contributed by atoms with Gasteiger partial charge in [-0.05, 0) is 44.6 Å². The number of hydrogen-bond donors (Lipinski definition) is 1. The van der Waals surface area contributed by atoms with Crippen molar-refractivity contribution < 1.29 is 14.6 Å². The summed E-state index contributed by atoms with van der Waals surface area (Å²) in [5.74, 6) is 0.760. The summed E-state index contributed by atoms with van der Waals surface area (Å²) in [6.45, 7) is 6.73. The molecule has 4 rings (SSSR count). The third kappa shape index (κ3) is 3.15. The van der Waals surface area contributed by atoms with Crippen molar-refractivity contribution in [1.29, 1.82) is 0 Å². The SMILES string of the molecule is C[C@H]1C[C@@]2(CCN1CC1CCOCC1)OC[C@H](O)c1cc(Cl)sc12. The van der Waals surface area contributed by atoms with Crippen LogP contribution in [0.1, 0.15) is 49.2 Å². The van der Waals surface area contributed by atoms with Crippen LogP contribution in [0.5, 0.6) is 0 Å². The second kappa shape index (κ2) is 6.86. The van der Waals surface area contributed by atoms with Gasteiger partial charge in [0, 0.05) is 42.8 Å². The second-order valence-electron chi connectivity index (χ2n) is 7.51. The van der Waals surface area contributed by atoms with E-state index in [2.05, 4.69) is 11.8 Å². The molecule has 0 amide bonds. The predicted molar refractivity (Wildman–Crippen MR) is 95.7 cm³/mol. The summed E-state index contributed by atoms with van der Waals surface area (Å²) in [7, 11) is 0. The van der Waals surface area contributed by atoms with Gasteiger partial charge in [-0.3, -0.25) is 0 Å². The van der Waals surface area contributed by atoms with Crippen LogP contribution in [0.3, 0.4) is 0 Å². The first-order valence-electron chi connectivity index (χ1n) is 9.01. The van der Waals surface area contributed by atoms with Gasteiger partial charge in [-0.1, -0.05) is 11.6 Å². The van der Waals surface area contributed by atoms with Crippen LogP contribution in [0.25, 0.3) is 0 Å². The van der Waals surface area contributed by atoms with Gasteiger partial charge in [0.1, 0.15) is 11.7 Å². The summed E-state index contributed by atoms with van der Waals surface area (Å²) in [5, 5.41) is 10.2. The van der Waals surface area contributed by atoms with Crippen molar-refractivity contribution in [2.75, 3.05) is 32.9 Å². The lowest BCUT2D eigenvalue weighted by atomic mass is 9.81. The molecule has 1 spiro atoms. The topological polar surface area (TPSA) is 41.9 Å². The van der Waals surface area contributed by atoms with Crippen molar-refractivity contribution in [3.8, 4) is 0 Å². The van der Waals surface area contributed by atoms with Crippen molar-refractivity contribution in [1.82, 2.24) is 4.90 Å². The summed E-state index contributed by atoms with van der Waals surface area (Å²) in [6.07, 6.45) is 3.79. The van der Waals surface area contributed by atoms with Crippen LogP contribution in [0.2, 0.25) is 4.34 Å². The van der Waals surface area contributed by atoms with Gasteiger partial charge in [0.05, 0.1) is 10.9 Å². The molecular formula is C18H26ClNO3S. The molecular weight excluding hydrogens is 346 g/mol. The van der Waals surface area contributed by atoms with Crippen molar-refractivity contribution >= 4 is 22.9 Å². The molecule has 0 aromatic carbocycles. The van der Waals surface area contributed by atoms with Gasteiger partial charge in [0.2, 0.25) is 0 Å². The Balaban J connectivity index is 1.49. The fraction of sp³-hybridized carbons (Fsp3) is 0.778. The van der Waals surface area contributed by atoms with Gasteiger partial charge in [0.25, 0.3) is 0 Å². The Morgan fingerprint density at radius 3 is 2.96 bits per heavy atom. The average Bonchev–Trinajstić information content (AvgIpc) is 2.99. The number of fused-ring (bicyclic) bond motifs is 2. The minimum atomic E-state index is -0.537. The third-order valence-electron chi connectivity index (χ3n) is 5.91. The highest BCUT2D eigenvalue weighted by molar-refractivity contribution is 7.16. The Hall–Kier alpha value is -0.170. The first kappa shape index (κ1) is 17.3. The Morgan fingerprint density at radius 1 is 1.42 bits per heavy atom. The molecule has 3 atom stereocenters. The molecule has 2 saturated heterocycles. The molecule has 0 aliphatic carbocycles. The largest absolute Gasteiger partial charge is 0.386 e. The zero-order valence-corrected chi connectivity index (χ0v) is 15.7. The molecule has 2 fully saturated rings. The highest BCUT2D eigenvalue weighted by Gasteiger charge is 2.46. The number of piperidine rings is 1. The van der Waals surface area contributed by atoms with E-state index >= 15 is 0 Å². The number of nitrogens with zero attached hydrogens (tertiary/aromatic N) is 1. The van der Waals surface area contributed by atoms with E-state index in [1.807, 2.05) is 6.07 Å². The van der Waals surface area contributed by atoms with Crippen LogP contribution < -0.4 is 0 Å². The van der Waals surface area contributed by atoms with Gasteiger partial charge in [-0.25, -0.2) is 0 Å². The highest BCUT2D eigenvalue weighted by atomic mass is 35.5. The number of aliphatic hydroxyl groups is 1. The molecule has 0 bridgehead atoms. The summed E-state index contributed by atoms with van der Waals surface area (Å²) >= 11 is 7.83. The molecule has 3 aliphatic rings. The zero-order valence-electron chi connectivity index (χ0n) is 14.2. The smallest absolute Gasteiger partial charge is 0.105 e. The van der Waals surface area contributed by atoms with Gasteiger partial charge in [-0.2, -0.15) is 0 Å². The number of aliphatic hydroxyl groups excluding tert-OH is 1.